The molecule has 1 aliphatic heterocycles. The minimum absolute atomic E-state index is 0.161. The average molecular weight is 508 g/mol. The summed E-state index contributed by atoms with van der Waals surface area (Å²) in [6.07, 6.45) is 2.54. The molecule has 0 aromatic heterocycles. The predicted octanol–water partition coefficient (Wildman–Crippen LogP) is 3.68. The molecular formula is C27H29N3O5S. The Labute approximate surface area is 211 Å². The van der Waals surface area contributed by atoms with E-state index >= 15 is 0 Å². The smallest absolute Gasteiger partial charge is 0.241 e. The summed E-state index contributed by atoms with van der Waals surface area (Å²) in [6, 6.07) is 23.5. The van der Waals surface area contributed by atoms with Gasteiger partial charge in [-0.25, -0.2) is 8.42 Å². The van der Waals surface area contributed by atoms with Crippen LogP contribution in [0, 0.1) is 0 Å². The lowest BCUT2D eigenvalue weighted by Crippen LogP contribution is -2.40. The van der Waals surface area contributed by atoms with Gasteiger partial charge >= 0.3 is 0 Å². The highest BCUT2D eigenvalue weighted by atomic mass is 32.2. The maximum absolute atomic E-state index is 12.7. The number of nitrogens with zero attached hydrogens (tertiary/aromatic N) is 2. The van der Waals surface area contributed by atoms with Crippen LogP contribution in [-0.2, 0) is 32.7 Å². The molecule has 0 bridgehead atoms. The number of carbonyl (C=O) groups is 2. The minimum Gasteiger partial charge on any atom is -0.457 e. The molecule has 1 aliphatic rings. The van der Waals surface area contributed by atoms with Gasteiger partial charge in [0.25, 0.3) is 0 Å². The summed E-state index contributed by atoms with van der Waals surface area (Å²) >= 11 is 0. The van der Waals surface area contributed by atoms with Crippen LogP contribution < -0.4 is 14.4 Å². The van der Waals surface area contributed by atoms with Crippen LogP contribution in [0.25, 0.3) is 0 Å². The second-order valence-corrected chi connectivity index (χ2v) is 10.6. The number of ether oxygens (including phenoxy) is 1. The molecule has 0 radical (unpaired) electrons. The largest absolute Gasteiger partial charge is 0.457 e. The first-order valence-electron chi connectivity index (χ1n) is 11.7. The van der Waals surface area contributed by atoms with Crippen molar-refractivity contribution in [3.63, 3.8) is 0 Å². The second kappa shape index (κ2) is 11.3. The van der Waals surface area contributed by atoms with E-state index in [0.29, 0.717) is 30.2 Å². The van der Waals surface area contributed by atoms with Crippen molar-refractivity contribution in [2.45, 2.75) is 25.9 Å². The Kier molecular flexibility index (Phi) is 7.90. The molecule has 1 fully saturated rings. The normalized spacial score (nSPS) is 13.5. The highest BCUT2D eigenvalue weighted by molar-refractivity contribution is 7.92. The molecule has 0 saturated carbocycles. The molecule has 8 nitrogen and oxygen atoms in total. The molecular weight excluding hydrogens is 478 g/mol. The number of anilines is 1. The summed E-state index contributed by atoms with van der Waals surface area (Å²) in [4.78, 5) is 26.4. The number of amides is 2. The van der Waals surface area contributed by atoms with Crippen LogP contribution in [0.1, 0.15) is 24.0 Å². The van der Waals surface area contributed by atoms with E-state index in [9.17, 15) is 18.0 Å². The molecule has 1 saturated heterocycles. The maximum Gasteiger partial charge on any atom is 0.241 e. The summed E-state index contributed by atoms with van der Waals surface area (Å²) in [5.41, 5.74) is 2.23. The lowest BCUT2D eigenvalue weighted by molar-refractivity contribution is -0.128. The van der Waals surface area contributed by atoms with Crippen molar-refractivity contribution in [1.29, 1.82) is 0 Å². The van der Waals surface area contributed by atoms with Crippen LogP contribution >= 0.6 is 0 Å². The van der Waals surface area contributed by atoms with Crippen LogP contribution in [0.4, 0.5) is 5.69 Å². The lowest BCUT2D eigenvalue weighted by atomic mass is 10.1. The first-order valence-corrected chi connectivity index (χ1v) is 13.6. The zero-order valence-electron chi connectivity index (χ0n) is 20.1. The number of hydrogen-bond acceptors (Lipinski definition) is 5. The van der Waals surface area contributed by atoms with Gasteiger partial charge in [0.05, 0.1) is 11.9 Å². The van der Waals surface area contributed by atoms with Crippen molar-refractivity contribution in [3.8, 4) is 11.5 Å². The monoisotopic (exact) mass is 507 g/mol. The average Bonchev–Trinajstić information content (AvgIpc) is 3.26. The van der Waals surface area contributed by atoms with Crippen molar-refractivity contribution in [1.82, 2.24) is 10.2 Å². The Hall–Kier alpha value is -3.85. The Bertz CT molecular complexity index is 1310. The van der Waals surface area contributed by atoms with E-state index in [1.54, 1.807) is 24.3 Å². The molecule has 4 rings (SSSR count). The number of para-hydroxylation sites is 1. The van der Waals surface area contributed by atoms with Crippen LogP contribution in [0.15, 0.2) is 78.9 Å². The zero-order chi connectivity index (χ0) is 25.5. The quantitative estimate of drug-likeness (QED) is 0.452. The standard InChI is InChI=1S/C27H29N3O5S/c1-36(33,34)30(23-12-14-25(15-13-23)35-24-9-3-2-4-10-24)20-26(31)28-18-21-7-5-8-22(17-21)19-29-16-6-11-27(29)32/h2-5,7-10,12-15,17H,6,11,16,18-20H2,1H3,(H,28,31). The van der Waals surface area contributed by atoms with Crippen molar-refractivity contribution in [3.05, 3.63) is 90.0 Å². The van der Waals surface area contributed by atoms with Crippen LogP contribution in [-0.4, -0.2) is 44.5 Å². The van der Waals surface area contributed by atoms with Crippen LogP contribution in [0.2, 0.25) is 0 Å². The third kappa shape index (κ3) is 6.85. The van der Waals surface area contributed by atoms with Gasteiger partial charge in [-0.1, -0.05) is 42.5 Å². The van der Waals surface area contributed by atoms with E-state index < -0.39 is 15.9 Å². The molecule has 0 aliphatic carbocycles. The van der Waals surface area contributed by atoms with E-state index in [-0.39, 0.29) is 19.0 Å². The Morgan fingerprint density at radius 3 is 2.33 bits per heavy atom. The number of benzene rings is 3. The van der Waals surface area contributed by atoms with E-state index in [1.165, 1.54) is 0 Å². The van der Waals surface area contributed by atoms with Crippen LogP contribution in [0.5, 0.6) is 11.5 Å². The van der Waals surface area contributed by atoms with Crippen LogP contribution in [0.3, 0.4) is 0 Å². The molecule has 188 valence electrons. The number of nitrogens with one attached hydrogen (secondary N) is 1. The van der Waals surface area contributed by atoms with Gasteiger partial charge in [-0.3, -0.25) is 13.9 Å². The van der Waals surface area contributed by atoms with Crippen molar-refractivity contribution < 1.29 is 22.7 Å². The van der Waals surface area contributed by atoms with Gasteiger partial charge < -0.3 is 15.0 Å². The summed E-state index contributed by atoms with van der Waals surface area (Å²) in [5, 5.41) is 2.79. The molecule has 1 N–H and O–H groups in total. The van der Waals surface area contributed by atoms with Gasteiger partial charge in [0.1, 0.15) is 18.0 Å². The van der Waals surface area contributed by atoms with Crippen molar-refractivity contribution in [2.24, 2.45) is 0 Å². The van der Waals surface area contributed by atoms with Gasteiger partial charge in [-0.2, -0.15) is 0 Å². The van der Waals surface area contributed by atoms with Gasteiger partial charge in [0.2, 0.25) is 21.8 Å². The van der Waals surface area contributed by atoms with Gasteiger partial charge in [0, 0.05) is 26.1 Å². The first-order chi connectivity index (χ1) is 17.3. The van der Waals surface area contributed by atoms with Crippen molar-refractivity contribution >= 4 is 27.5 Å². The molecule has 2 amide bonds. The van der Waals surface area contributed by atoms with E-state index in [2.05, 4.69) is 5.32 Å². The maximum atomic E-state index is 12.7. The first kappa shape index (κ1) is 25.2. The highest BCUT2D eigenvalue weighted by Crippen LogP contribution is 2.25. The van der Waals surface area contributed by atoms with E-state index in [0.717, 1.165) is 34.7 Å². The minimum atomic E-state index is -3.70. The topological polar surface area (TPSA) is 96.0 Å². The molecule has 9 heteroatoms. The Morgan fingerprint density at radius 2 is 1.67 bits per heavy atom. The molecule has 0 unspecified atom stereocenters. The fourth-order valence-electron chi connectivity index (χ4n) is 4.02. The number of hydrogen-bond donors (Lipinski definition) is 1. The SMILES string of the molecule is CS(=O)(=O)N(CC(=O)NCc1cccc(CN2CCCC2=O)c1)c1ccc(Oc2ccccc2)cc1. The van der Waals surface area contributed by atoms with E-state index in [4.69, 9.17) is 4.74 Å². The number of sulfonamides is 1. The fourth-order valence-corrected chi connectivity index (χ4v) is 4.88. The molecule has 3 aromatic rings. The van der Waals surface area contributed by atoms with Crippen molar-refractivity contribution in [2.75, 3.05) is 23.7 Å². The van der Waals surface area contributed by atoms with Gasteiger partial charge in [-0.05, 0) is 53.9 Å². The van der Waals surface area contributed by atoms with Gasteiger partial charge in [-0.15, -0.1) is 0 Å². The zero-order valence-corrected chi connectivity index (χ0v) is 20.9. The number of carbonyl (C=O) groups excluding carboxylic acids is 2. The fraction of sp³-hybridized carbons (Fsp3) is 0.259. The molecule has 1 heterocycles. The summed E-state index contributed by atoms with van der Waals surface area (Å²) in [6.45, 7) is 1.22. The third-order valence-electron chi connectivity index (χ3n) is 5.82. The molecule has 3 aromatic carbocycles. The second-order valence-electron chi connectivity index (χ2n) is 8.69. The molecule has 0 spiro atoms. The summed E-state index contributed by atoms with van der Waals surface area (Å²) in [7, 11) is -3.70. The molecule has 0 atom stereocenters. The summed E-state index contributed by atoms with van der Waals surface area (Å²) in [5.74, 6) is 0.957. The van der Waals surface area contributed by atoms with Gasteiger partial charge in [0.15, 0.2) is 0 Å². The number of likely N-dealkylation sites (tertiary alicyclic amines) is 1. The predicted molar refractivity (Wildman–Crippen MR) is 138 cm³/mol. The molecule has 36 heavy (non-hydrogen) atoms. The Morgan fingerprint density at radius 1 is 0.972 bits per heavy atom. The van der Waals surface area contributed by atoms with E-state index in [1.807, 2.05) is 59.5 Å². The third-order valence-corrected chi connectivity index (χ3v) is 6.96. The summed E-state index contributed by atoms with van der Waals surface area (Å²) < 4.78 is 31.7. The number of rotatable bonds is 10. The Balaban J connectivity index is 1.36. The highest BCUT2D eigenvalue weighted by Gasteiger charge is 2.22. The lowest BCUT2D eigenvalue weighted by Gasteiger charge is -2.22.